The second-order valence-electron chi connectivity index (χ2n) is 9.36. The number of ether oxygens (including phenoxy) is 1. The van der Waals surface area contributed by atoms with Crippen LogP contribution in [-0.4, -0.2) is 40.2 Å². The standard InChI is InChI=1S/C29H27BrN4O5/c30-20-9-11-21(12-10-20)32-27(36)18-33-25-6-2-1-5-24(25)28(37)34(29(33)38)22-13-7-19(8-14-22)16-26(35)31-17-23-4-3-15-39-23/h1-2,5-14,23H,3-4,15-18H2,(H,31,35)(H,32,36)/t23-/m1/s1. The molecule has 9 nitrogen and oxygen atoms in total. The number of rotatable bonds is 8. The van der Waals surface area contributed by atoms with Crippen LogP contribution in [0.4, 0.5) is 5.69 Å². The number of anilines is 1. The van der Waals surface area contributed by atoms with Gasteiger partial charge in [-0.05, 0) is 66.9 Å². The number of para-hydroxylation sites is 1. The van der Waals surface area contributed by atoms with E-state index in [1.807, 2.05) is 0 Å². The Kier molecular flexibility index (Phi) is 8.04. The fourth-order valence-corrected chi connectivity index (χ4v) is 4.89. The van der Waals surface area contributed by atoms with Gasteiger partial charge in [0.2, 0.25) is 11.8 Å². The van der Waals surface area contributed by atoms with Crippen molar-refractivity contribution in [3.8, 4) is 5.69 Å². The Hall–Kier alpha value is -4.02. The van der Waals surface area contributed by atoms with E-state index in [-0.39, 0.29) is 25.0 Å². The Bertz CT molecular complexity index is 1620. The number of hydrogen-bond donors (Lipinski definition) is 2. The van der Waals surface area contributed by atoms with Crippen LogP contribution in [0.15, 0.2) is 86.9 Å². The fraction of sp³-hybridized carbons (Fsp3) is 0.241. The van der Waals surface area contributed by atoms with E-state index in [9.17, 15) is 19.2 Å². The zero-order valence-electron chi connectivity index (χ0n) is 21.1. The van der Waals surface area contributed by atoms with Crippen LogP contribution < -0.4 is 21.9 Å². The minimum Gasteiger partial charge on any atom is -0.376 e. The maximum Gasteiger partial charge on any atom is 0.336 e. The molecule has 0 bridgehead atoms. The van der Waals surface area contributed by atoms with Gasteiger partial charge >= 0.3 is 5.69 Å². The summed E-state index contributed by atoms with van der Waals surface area (Å²) in [4.78, 5) is 52.2. The summed E-state index contributed by atoms with van der Waals surface area (Å²) < 4.78 is 8.75. The largest absolute Gasteiger partial charge is 0.376 e. The van der Waals surface area contributed by atoms with Gasteiger partial charge in [0.05, 0.1) is 29.1 Å². The molecule has 200 valence electrons. The van der Waals surface area contributed by atoms with Crippen molar-refractivity contribution in [1.29, 1.82) is 0 Å². The molecule has 0 saturated carbocycles. The first-order valence-corrected chi connectivity index (χ1v) is 13.5. The van der Waals surface area contributed by atoms with Gasteiger partial charge in [-0.1, -0.05) is 40.2 Å². The summed E-state index contributed by atoms with van der Waals surface area (Å²) in [5.41, 5.74) is 0.931. The molecule has 5 rings (SSSR count). The number of aromatic nitrogens is 2. The average molecular weight is 591 g/mol. The molecule has 3 aromatic carbocycles. The summed E-state index contributed by atoms with van der Waals surface area (Å²) in [6.07, 6.45) is 2.18. The third-order valence-corrected chi connectivity index (χ3v) is 7.12. The number of amides is 2. The molecule has 1 saturated heterocycles. The molecule has 1 atom stereocenters. The Balaban J connectivity index is 1.39. The quantitative estimate of drug-likeness (QED) is 0.327. The van der Waals surface area contributed by atoms with Crippen molar-refractivity contribution in [3.63, 3.8) is 0 Å². The number of hydrogen-bond acceptors (Lipinski definition) is 5. The average Bonchev–Trinajstić information content (AvgIpc) is 3.46. The van der Waals surface area contributed by atoms with Crippen molar-refractivity contribution >= 4 is 44.3 Å². The summed E-state index contributed by atoms with van der Waals surface area (Å²) in [7, 11) is 0. The minimum absolute atomic E-state index is 0.0650. The summed E-state index contributed by atoms with van der Waals surface area (Å²) in [5.74, 6) is -0.528. The lowest BCUT2D eigenvalue weighted by atomic mass is 10.1. The predicted molar refractivity (Wildman–Crippen MR) is 152 cm³/mol. The third-order valence-electron chi connectivity index (χ3n) is 6.59. The van der Waals surface area contributed by atoms with E-state index in [0.29, 0.717) is 28.8 Å². The van der Waals surface area contributed by atoms with Gasteiger partial charge in [-0.15, -0.1) is 0 Å². The van der Waals surface area contributed by atoms with E-state index in [0.717, 1.165) is 34.1 Å². The highest BCUT2D eigenvalue weighted by Crippen LogP contribution is 2.15. The smallest absolute Gasteiger partial charge is 0.336 e. The molecule has 1 aliphatic heterocycles. The van der Waals surface area contributed by atoms with Crippen LogP contribution in [0.1, 0.15) is 18.4 Å². The summed E-state index contributed by atoms with van der Waals surface area (Å²) in [6.45, 7) is 0.935. The van der Waals surface area contributed by atoms with Gasteiger partial charge < -0.3 is 15.4 Å². The van der Waals surface area contributed by atoms with Gasteiger partial charge in [-0.2, -0.15) is 0 Å². The predicted octanol–water partition coefficient (Wildman–Crippen LogP) is 3.39. The van der Waals surface area contributed by atoms with Gasteiger partial charge in [-0.25, -0.2) is 9.36 Å². The number of halogens is 1. The number of nitrogens with one attached hydrogen (secondary N) is 2. The molecule has 2 N–H and O–H groups in total. The van der Waals surface area contributed by atoms with E-state index >= 15 is 0 Å². The molecule has 0 aliphatic carbocycles. The second-order valence-corrected chi connectivity index (χ2v) is 10.3. The van der Waals surface area contributed by atoms with Crippen LogP contribution >= 0.6 is 15.9 Å². The molecular weight excluding hydrogens is 564 g/mol. The lowest BCUT2D eigenvalue weighted by molar-refractivity contribution is -0.121. The molecule has 0 radical (unpaired) electrons. The molecule has 2 amide bonds. The van der Waals surface area contributed by atoms with Crippen molar-refractivity contribution < 1.29 is 14.3 Å². The number of benzene rings is 3. The molecule has 2 heterocycles. The van der Waals surface area contributed by atoms with Crippen LogP contribution in [0.5, 0.6) is 0 Å². The van der Waals surface area contributed by atoms with Gasteiger partial charge in [0.15, 0.2) is 0 Å². The van der Waals surface area contributed by atoms with E-state index in [1.165, 1.54) is 4.57 Å². The summed E-state index contributed by atoms with van der Waals surface area (Å²) in [5, 5.41) is 5.99. The normalized spacial score (nSPS) is 14.8. The molecule has 1 fully saturated rings. The van der Waals surface area contributed by atoms with Gasteiger partial charge in [0, 0.05) is 23.3 Å². The zero-order valence-corrected chi connectivity index (χ0v) is 22.6. The highest BCUT2D eigenvalue weighted by atomic mass is 79.9. The van der Waals surface area contributed by atoms with Crippen molar-refractivity contribution in [3.05, 3.63) is 104 Å². The lowest BCUT2D eigenvalue weighted by Crippen LogP contribution is -2.40. The minimum atomic E-state index is -0.633. The lowest BCUT2D eigenvalue weighted by Gasteiger charge is -2.15. The molecule has 0 unspecified atom stereocenters. The number of carbonyl (C=O) groups is 2. The third kappa shape index (κ3) is 6.18. The maximum atomic E-state index is 13.6. The summed E-state index contributed by atoms with van der Waals surface area (Å²) in [6, 6.07) is 20.5. The number of fused-ring (bicyclic) bond motifs is 1. The van der Waals surface area contributed by atoms with Gasteiger partial charge in [-0.3, -0.25) is 19.0 Å². The number of nitrogens with zero attached hydrogens (tertiary/aromatic N) is 2. The van der Waals surface area contributed by atoms with E-state index in [1.54, 1.807) is 72.8 Å². The second kappa shape index (κ2) is 11.8. The van der Waals surface area contributed by atoms with Crippen molar-refractivity contribution in [2.45, 2.75) is 31.9 Å². The van der Waals surface area contributed by atoms with Crippen molar-refractivity contribution in [1.82, 2.24) is 14.5 Å². The first-order chi connectivity index (χ1) is 18.9. The van der Waals surface area contributed by atoms with Crippen molar-refractivity contribution in [2.24, 2.45) is 0 Å². The van der Waals surface area contributed by atoms with E-state index in [4.69, 9.17) is 4.74 Å². The monoisotopic (exact) mass is 590 g/mol. The van der Waals surface area contributed by atoms with Gasteiger partial charge in [0.1, 0.15) is 6.54 Å². The van der Waals surface area contributed by atoms with Crippen LogP contribution in [0.2, 0.25) is 0 Å². The van der Waals surface area contributed by atoms with Crippen LogP contribution in [0.3, 0.4) is 0 Å². The first kappa shape index (κ1) is 26.6. The summed E-state index contributed by atoms with van der Waals surface area (Å²) >= 11 is 3.36. The van der Waals surface area contributed by atoms with Crippen LogP contribution in [0, 0.1) is 0 Å². The van der Waals surface area contributed by atoms with Gasteiger partial charge in [0.25, 0.3) is 5.56 Å². The van der Waals surface area contributed by atoms with Crippen LogP contribution in [0.25, 0.3) is 16.6 Å². The maximum absolute atomic E-state index is 13.6. The number of carbonyl (C=O) groups excluding carboxylic acids is 2. The molecular formula is C29H27BrN4O5. The SMILES string of the molecule is O=C(Cc1ccc(-n2c(=O)c3ccccc3n(CC(=O)Nc3ccc(Br)cc3)c2=O)cc1)NC[C@H]1CCCO1. The molecule has 1 aromatic heterocycles. The molecule has 10 heteroatoms. The molecule has 39 heavy (non-hydrogen) atoms. The molecule has 0 spiro atoms. The highest BCUT2D eigenvalue weighted by molar-refractivity contribution is 9.10. The van der Waals surface area contributed by atoms with E-state index in [2.05, 4.69) is 26.6 Å². The Morgan fingerprint density at radius 1 is 0.949 bits per heavy atom. The van der Waals surface area contributed by atoms with Crippen LogP contribution in [-0.2, 0) is 27.3 Å². The highest BCUT2D eigenvalue weighted by Gasteiger charge is 2.18. The van der Waals surface area contributed by atoms with E-state index < -0.39 is 17.2 Å². The fourth-order valence-electron chi connectivity index (χ4n) is 4.62. The van der Waals surface area contributed by atoms with Crippen molar-refractivity contribution in [2.75, 3.05) is 18.5 Å². The first-order valence-electron chi connectivity index (χ1n) is 12.7. The molecule has 4 aromatic rings. The Labute approximate surface area is 232 Å². The Morgan fingerprint density at radius 3 is 2.41 bits per heavy atom. The molecule has 1 aliphatic rings. The topological polar surface area (TPSA) is 111 Å². The zero-order chi connectivity index (χ0) is 27.4. The Morgan fingerprint density at radius 2 is 1.69 bits per heavy atom.